The highest BCUT2D eigenvalue weighted by Gasteiger charge is 2.20. The Kier molecular flexibility index (Phi) is 6.08. The van der Waals surface area contributed by atoms with Gasteiger partial charge in [0.1, 0.15) is 11.3 Å². The van der Waals surface area contributed by atoms with Gasteiger partial charge in [-0.15, -0.1) is 0 Å². The monoisotopic (exact) mass is 397 g/mol. The molecule has 1 aromatic carbocycles. The first-order valence-electron chi connectivity index (χ1n) is 8.88. The van der Waals surface area contributed by atoms with Gasteiger partial charge in [-0.2, -0.15) is 0 Å². The molecule has 0 aliphatic rings. The van der Waals surface area contributed by atoms with Crippen molar-refractivity contribution in [2.24, 2.45) is 0 Å². The van der Waals surface area contributed by atoms with E-state index < -0.39 is 23.2 Å². The molecule has 9 nitrogen and oxygen atoms in total. The van der Waals surface area contributed by atoms with Gasteiger partial charge in [0.2, 0.25) is 0 Å². The summed E-state index contributed by atoms with van der Waals surface area (Å²) >= 11 is 0. The van der Waals surface area contributed by atoms with Crippen LogP contribution in [-0.4, -0.2) is 27.7 Å². The van der Waals surface area contributed by atoms with Gasteiger partial charge in [-0.3, -0.25) is 24.0 Å². The zero-order chi connectivity index (χ0) is 20.8. The number of nitrogens with one attached hydrogen (secondary N) is 1. The van der Waals surface area contributed by atoms with E-state index in [2.05, 4.69) is 4.74 Å². The van der Waals surface area contributed by atoms with Crippen LogP contribution >= 0.6 is 0 Å². The maximum atomic E-state index is 12.9. The Labute approximate surface area is 165 Å². The fraction of sp³-hybridized carbons (Fsp3) is 0.200. The average Bonchev–Trinajstić information content (AvgIpc) is 3.21. The van der Waals surface area contributed by atoms with Crippen molar-refractivity contribution < 1.29 is 18.7 Å². The number of amides is 2. The number of carbonyl (C=O) groups is 2. The molecule has 0 aliphatic heterocycles. The summed E-state index contributed by atoms with van der Waals surface area (Å²) in [5.74, 6) is -0.489. The molecule has 1 N–H and O–H groups in total. The van der Waals surface area contributed by atoms with Crippen LogP contribution in [-0.2, 0) is 17.8 Å². The minimum atomic E-state index is -0.977. The summed E-state index contributed by atoms with van der Waals surface area (Å²) < 4.78 is 12.1. The van der Waals surface area contributed by atoms with E-state index in [1.807, 2.05) is 11.4 Å². The molecule has 29 heavy (non-hydrogen) atoms. The van der Waals surface area contributed by atoms with E-state index in [0.29, 0.717) is 11.3 Å². The van der Waals surface area contributed by atoms with Gasteiger partial charge in [0, 0.05) is 6.20 Å². The Hall–Kier alpha value is -3.88. The Morgan fingerprint density at radius 3 is 2.48 bits per heavy atom. The summed E-state index contributed by atoms with van der Waals surface area (Å²) in [5, 5.41) is 1.98. The van der Waals surface area contributed by atoms with Crippen molar-refractivity contribution in [3.05, 3.63) is 92.6 Å². The quantitative estimate of drug-likeness (QED) is 0.676. The van der Waals surface area contributed by atoms with Gasteiger partial charge in [-0.05, 0) is 24.6 Å². The zero-order valence-electron chi connectivity index (χ0n) is 15.7. The molecule has 0 fully saturated rings. The number of ether oxygens (including phenoxy) is 1. The zero-order valence-corrected chi connectivity index (χ0v) is 15.7. The van der Waals surface area contributed by atoms with Crippen molar-refractivity contribution in [2.75, 3.05) is 6.61 Å². The number of alkyl carbamates (subject to hydrolysis) is 1. The van der Waals surface area contributed by atoms with E-state index in [1.54, 1.807) is 43.3 Å². The molecule has 150 valence electrons. The Balaban J connectivity index is 2.05. The molecular weight excluding hydrogens is 378 g/mol. The third-order valence-corrected chi connectivity index (χ3v) is 4.06. The van der Waals surface area contributed by atoms with E-state index >= 15 is 0 Å². The van der Waals surface area contributed by atoms with Gasteiger partial charge in [-0.25, -0.2) is 9.59 Å². The van der Waals surface area contributed by atoms with E-state index in [0.717, 1.165) is 10.8 Å². The third-order valence-electron chi connectivity index (χ3n) is 4.06. The van der Waals surface area contributed by atoms with Gasteiger partial charge < -0.3 is 9.15 Å². The SMILES string of the molecule is CCOC(=O)NC(=O)c1cn(Cc2ccco2)c(=O)n(Cc2ccccc2)c1=O. The first-order valence-corrected chi connectivity index (χ1v) is 8.88. The number of carbonyl (C=O) groups excluding carboxylic acids is 2. The average molecular weight is 397 g/mol. The molecule has 0 spiro atoms. The lowest BCUT2D eigenvalue weighted by atomic mass is 10.2. The molecular formula is C20H19N3O6. The standard InChI is InChI=1S/C20H19N3O6/c1-2-28-19(26)21-17(24)16-13-22(12-15-9-6-10-29-15)20(27)23(18(16)25)11-14-7-4-3-5-8-14/h3-10,13H,2,11-12H2,1H3,(H,21,24,26). The van der Waals surface area contributed by atoms with Crippen molar-refractivity contribution in [1.82, 2.24) is 14.5 Å². The summed E-state index contributed by atoms with van der Waals surface area (Å²) in [7, 11) is 0. The lowest BCUT2D eigenvalue weighted by Gasteiger charge is -2.12. The molecule has 3 rings (SSSR count). The van der Waals surface area contributed by atoms with Crippen LogP contribution in [0, 0.1) is 0 Å². The lowest BCUT2D eigenvalue weighted by molar-refractivity contribution is 0.0921. The van der Waals surface area contributed by atoms with Crippen molar-refractivity contribution in [2.45, 2.75) is 20.0 Å². The molecule has 0 aliphatic carbocycles. The molecule has 0 bridgehead atoms. The third kappa shape index (κ3) is 4.70. The van der Waals surface area contributed by atoms with Crippen LogP contribution in [0.25, 0.3) is 0 Å². The first kappa shape index (κ1) is 19.9. The summed E-state index contributed by atoms with van der Waals surface area (Å²) in [6.45, 7) is 1.63. The maximum Gasteiger partial charge on any atom is 0.414 e. The molecule has 2 aromatic heterocycles. The maximum absolute atomic E-state index is 12.9. The van der Waals surface area contributed by atoms with Gasteiger partial charge in [-0.1, -0.05) is 30.3 Å². The van der Waals surface area contributed by atoms with Crippen molar-refractivity contribution in [3.8, 4) is 0 Å². The van der Waals surface area contributed by atoms with Crippen molar-refractivity contribution in [1.29, 1.82) is 0 Å². The summed E-state index contributed by atoms with van der Waals surface area (Å²) in [6, 6.07) is 12.2. The molecule has 0 unspecified atom stereocenters. The fourth-order valence-electron chi connectivity index (χ4n) is 2.73. The van der Waals surface area contributed by atoms with E-state index in [1.165, 1.54) is 10.8 Å². The van der Waals surface area contributed by atoms with Crippen LogP contribution in [0.1, 0.15) is 28.6 Å². The highest BCUT2D eigenvalue weighted by Crippen LogP contribution is 2.04. The highest BCUT2D eigenvalue weighted by atomic mass is 16.5. The van der Waals surface area contributed by atoms with Crippen LogP contribution in [0.3, 0.4) is 0 Å². The van der Waals surface area contributed by atoms with Gasteiger partial charge in [0.15, 0.2) is 0 Å². The van der Waals surface area contributed by atoms with Crippen molar-refractivity contribution in [3.63, 3.8) is 0 Å². The number of imide groups is 1. The van der Waals surface area contributed by atoms with Crippen LogP contribution in [0.5, 0.6) is 0 Å². The molecule has 0 saturated heterocycles. The second kappa shape index (κ2) is 8.87. The summed E-state index contributed by atoms with van der Waals surface area (Å²) in [4.78, 5) is 49.8. The van der Waals surface area contributed by atoms with Crippen LogP contribution in [0.4, 0.5) is 4.79 Å². The predicted molar refractivity (Wildman–Crippen MR) is 103 cm³/mol. The van der Waals surface area contributed by atoms with Gasteiger partial charge in [0.25, 0.3) is 11.5 Å². The summed E-state index contributed by atoms with van der Waals surface area (Å²) in [5.41, 5.74) is -1.07. The number of furan rings is 1. The number of hydrogen-bond acceptors (Lipinski definition) is 6. The largest absolute Gasteiger partial charge is 0.467 e. The van der Waals surface area contributed by atoms with Gasteiger partial charge in [0.05, 0.1) is 26.0 Å². The molecule has 2 heterocycles. The lowest BCUT2D eigenvalue weighted by Crippen LogP contribution is -2.45. The first-order chi connectivity index (χ1) is 14.0. The molecule has 0 radical (unpaired) electrons. The molecule has 0 atom stereocenters. The topological polar surface area (TPSA) is 113 Å². The smallest absolute Gasteiger partial charge is 0.414 e. The van der Waals surface area contributed by atoms with Crippen LogP contribution < -0.4 is 16.6 Å². The number of hydrogen-bond donors (Lipinski definition) is 1. The summed E-state index contributed by atoms with van der Waals surface area (Å²) in [6.07, 6.45) is 1.59. The van der Waals surface area contributed by atoms with E-state index in [4.69, 9.17) is 4.42 Å². The van der Waals surface area contributed by atoms with E-state index in [9.17, 15) is 19.2 Å². The molecule has 0 saturated carbocycles. The van der Waals surface area contributed by atoms with E-state index in [-0.39, 0.29) is 25.3 Å². The predicted octanol–water partition coefficient (Wildman–Crippen LogP) is 1.59. The van der Waals surface area contributed by atoms with Gasteiger partial charge >= 0.3 is 11.8 Å². The number of aromatic nitrogens is 2. The molecule has 3 aromatic rings. The van der Waals surface area contributed by atoms with Crippen LogP contribution in [0.15, 0.2) is 68.9 Å². The second-order valence-electron chi connectivity index (χ2n) is 6.08. The minimum Gasteiger partial charge on any atom is -0.467 e. The fourth-order valence-corrected chi connectivity index (χ4v) is 2.73. The Bertz CT molecular complexity index is 1110. The minimum absolute atomic E-state index is 0.0145. The Morgan fingerprint density at radius 1 is 1.07 bits per heavy atom. The molecule has 2 amide bonds. The normalized spacial score (nSPS) is 10.5. The second-order valence-corrected chi connectivity index (χ2v) is 6.08. The van der Waals surface area contributed by atoms with Crippen LogP contribution in [0.2, 0.25) is 0 Å². The molecule has 9 heteroatoms. The number of rotatable bonds is 6. The number of benzene rings is 1. The van der Waals surface area contributed by atoms with Crippen molar-refractivity contribution >= 4 is 12.0 Å². The number of nitrogens with zero attached hydrogens (tertiary/aromatic N) is 2. The Morgan fingerprint density at radius 2 is 1.83 bits per heavy atom. The highest BCUT2D eigenvalue weighted by molar-refractivity contribution is 6.02.